The molecule has 0 aromatic carbocycles. The molecule has 228 valence electrons. The molecule has 0 unspecified atom stereocenters. The second-order valence-corrected chi connectivity index (χ2v) is 13.0. The summed E-state index contributed by atoms with van der Waals surface area (Å²) in [4.78, 5) is 9.99. The van der Waals surface area contributed by atoms with Gasteiger partial charge in [0.15, 0.2) is 0 Å². The van der Waals surface area contributed by atoms with Gasteiger partial charge in [0.05, 0.1) is 0 Å². The van der Waals surface area contributed by atoms with Gasteiger partial charge < -0.3 is 70.1 Å². The molecule has 0 spiro atoms. The first-order chi connectivity index (χ1) is 16.6. The van der Waals surface area contributed by atoms with Gasteiger partial charge >= 0.3 is 99.6 Å². The monoisotopic (exact) mass is 832 g/mol. The maximum atomic E-state index is 5.01. The van der Waals surface area contributed by atoms with E-state index in [0.29, 0.717) is 0 Å². The van der Waals surface area contributed by atoms with Crippen molar-refractivity contribution in [1.29, 1.82) is 0 Å². The Bertz CT molecular complexity index is 336. The molecule has 4 nitrogen and oxygen atoms in total. The maximum Gasteiger partial charge on any atom is 2.00 e. The Labute approximate surface area is 293 Å². The summed E-state index contributed by atoms with van der Waals surface area (Å²) < 4.78 is 0. The van der Waals surface area contributed by atoms with Crippen LogP contribution in [0.15, 0.2) is 0 Å². The summed E-state index contributed by atoms with van der Waals surface area (Å²) in [6.07, 6.45) is 5.07. The van der Waals surface area contributed by atoms with Crippen LogP contribution in [0.4, 0.5) is 0 Å². The molecule has 0 aromatic heterocycles. The summed E-state index contributed by atoms with van der Waals surface area (Å²) in [5, 5.41) is 0. The van der Waals surface area contributed by atoms with E-state index in [2.05, 4.69) is 19.6 Å². The molecular formula is C20H40Cl4Fe2N4Ni2S4. The number of hydrogen-bond acceptors (Lipinski definition) is 8. The number of halogens is 4. The van der Waals surface area contributed by atoms with Gasteiger partial charge in [0.1, 0.15) is 0 Å². The third-order valence-corrected chi connectivity index (χ3v) is 6.16. The van der Waals surface area contributed by atoms with Gasteiger partial charge in [-0.05, 0) is 104 Å². The average molecular weight is 836 g/mol. The van der Waals surface area contributed by atoms with Crippen LogP contribution in [0.3, 0.4) is 0 Å². The largest absolute Gasteiger partial charge is 2.00 e. The molecule has 2 fully saturated rings. The van der Waals surface area contributed by atoms with E-state index in [0.717, 1.165) is 49.2 Å². The first-order valence-corrected chi connectivity index (χ1v) is 19.9. The molecule has 0 saturated carbocycles. The van der Waals surface area contributed by atoms with E-state index >= 15 is 0 Å². The fourth-order valence-corrected chi connectivity index (χ4v) is 4.96. The Morgan fingerprint density at radius 1 is 0.417 bits per heavy atom. The number of nitrogens with zero attached hydrogens (tertiary/aromatic N) is 4. The summed E-state index contributed by atoms with van der Waals surface area (Å²) in [7, 11) is 19.1. The number of rotatable bonds is 8. The molecule has 2 aliphatic heterocycles. The predicted molar refractivity (Wildman–Crippen MR) is 157 cm³/mol. The van der Waals surface area contributed by atoms with E-state index in [1.165, 1.54) is 78.0 Å². The van der Waals surface area contributed by atoms with Gasteiger partial charge in [-0.1, -0.05) is 0 Å². The second kappa shape index (κ2) is 39.4. The maximum absolute atomic E-state index is 5.01. The molecule has 2 rings (SSSR count). The van der Waals surface area contributed by atoms with Crippen molar-refractivity contribution in [2.75, 3.05) is 102 Å². The van der Waals surface area contributed by atoms with Crippen LogP contribution in [0, 0.1) is 0 Å². The van der Waals surface area contributed by atoms with Crippen molar-refractivity contribution < 1.29 is 59.2 Å². The number of hydrogen-bond donors (Lipinski definition) is 0. The van der Waals surface area contributed by atoms with Crippen LogP contribution in [0.5, 0.6) is 0 Å². The minimum atomic E-state index is 0. The second-order valence-electron chi connectivity index (χ2n) is 7.70. The van der Waals surface area contributed by atoms with Crippen LogP contribution < -0.4 is 0 Å². The molecule has 0 amide bonds. The summed E-state index contributed by atoms with van der Waals surface area (Å²) >= 11 is 20.4. The zero-order chi connectivity index (χ0) is 25.9. The Balaban J connectivity index is -0.000000223. The summed E-state index contributed by atoms with van der Waals surface area (Å²) in [5.74, 6) is 3.48. The van der Waals surface area contributed by atoms with Gasteiger partial charge in [-0.15, -0.1) is 0 Å². The molecule has 0 N–H and O–H groups in total. The quantitative estimate of drug-likeness (QED) is 0.268. The normalized spacial score (nSPS) is 18.2. The molecule has 0 bridgehead atoms. The third kappa shape index (κ3) is 32.9. The third-order valence-electron chi connectivity index (χ3n) is 5.42. The summed E-state index contributed by atoms with van der Waals surface area (Å²) in [6, 6.07) is 0. The molecule has 2 saturated heterocycles. The smallest absolute Gasteiger partial charge is 0.791 e. The van der Waals surface area contributed by atoms with Crippen LogP contribution in [0.1, 0.15) is 25.7 Å². The van der Waals surface area contributed by atoms with Crippen LogP contribution in [-0.2, 0) is 110 Å². The van der Waals surface area contributed by atoms with Gasteiger partial charge in [0.25, 0.3) is 0 Å². The first kappa shape index (κ1) is 47.4. The van der Waals surface area contributed by atoms with Crippen molar-refractivity contribution in [2.24, 2.45) is 0 Å². The molecule has 0 aliphatic carbocycles. The van der Waals surface area contributed by atoms with Crippen LogP contribution in [-0.4, -0.2) is 121 Å². The van der Waals surface area contributed by atoms with Crippen molar-refractivity contribution in [3.8, 4) is 0 Å². The molecule has 0 radical (unpaired) electrons. The zero-order valence-corrected chi connectivity index (χ0v) is 30.9. The SMILES string of the molecule is [Cl][Fe][Cl].[Cl][Fe][Cl].[Ni+2].[Ni+2].[S-]CCN1CCCN(CC[S-])CCC1.[S-]CCN1CCCN(CC[S-])CCC1. The van der Waals surface area contributed by atoms with Gasteiger partial charge in [-0.2, -0.15) is 23.0 Å². The summed E-state index contributed by atoms with van der Waals surface area (Å²) in [6.45, 7) is 14.1. The molecule has 0 aromatic rings. The molecule has 16 heteroatoms. The van der Waals surface area contributed by atoms with Crippen LogP contribution in [0.25, 0.3) is 0 Å². The van der Waals surface area contributed by atoms with E-state index in [9.17, 15) is 0 Å². The van der Waals surface area contributed by atoms with Crippen LogP contribution >= 0.6 is 40.4 Å². The van der Waals surface area contributed by atoms with E-state index in [-0.39, 0.29) is 59.2 Å². The Morgan fingerprint density at radius 2 is 0.556 bits per heavy atom. The van der Waals surface area contributed by atoms with E-state index in [1.807, 2.05) is 0 Å². The Morgan fingerprint density at radius 3 is 0.667 bits per heavy atom. The standard InChI is InChI=1S/2C10H22N2S2.4ClH.2Fe.2Ni/c2*13-9-7-11-3-1-4-12(8-10-14)6-2-5-11;;;;;;;;/h2*13-14H,1-10H2;4*1H;;;;/q;;;;;;4*+2/p-8. The zero-order valence-electron chi connectivity index (χ0n) is 20.4. The predicted octanol–water partition coefficient (Wildman–Crippen LogP) is 3.70. The fraction of sp³-hybridized carbons (Fsp3) is 1.00. The average Bonchev–Trinajstić information content (AvgIpc) is 2.77. The van der Waals surface area contributed by atoms with Gasteiger partial charge in [-0.25, -0.2) is 0 Å². The molecule has 2 aliphatic rings. The molecular weight excluding hydrogens is 795 g/mol. The molecule has 0 atom stereocenters. The van der Waals surface area contributed by atoms with Gasteiger partial charge in [-0.3, -0.25) is 0 Å². The van der Waals surface area contributed by atoms with Crippen molar-refractivity contribution in [2.45, 2.75) is 25.7 Å². The van der Waals surface area contributed by atoms with Crippen molar-refractivity contribution in [1.82, 2.24) is 19.6 Å². The van der Waals surface area contributed by atoms with E-state index < -0.39 is 0 Å². The minimum absolute atomic E-state index is 0. The Hall–Kier alpha value is 4.43. The van der Waals surface area contributed by atoms with E-state index in [1.54, 1.807) is 0 Å². The molecule has 2 heterocycles. The van der Waals surface area contributed by atoms with Crippen molar-refractivity contribution in [3.05, 3.63) is 0 Å². The molecule has 36 heavy (non-hydrogen) atoms. The Kier molecular flexibility index (Phi) is 51.9. The summed E-state index contributed by atoms with van der Waals surface area (Å²) in [5.41, 5.74) is 0. The fourth-order valence-electron chi connectivity index (χ4n) is 3.93. The topological polar surface area (TPSA) is 13.0 Å². The van der Waals surface area contributed by atoms with Gasteiger partial charge in [0.2, 0.25) is 0 Å². The van der Waals surface area contributed by atoms with Crippen molar-refractivity contribution in [3.63, 3.8) is 0 Å². The first-order valence-electron chi connectivity index (χ1n) is 11.5. The van der Waals surface area contributed by atoms with Gasteiger partial charge in [0, 0.05) is 0 Å². The van der Waals surface area contributed by atoms with Crippen molar-refractivity contribution >= 4 is 90.9 Å². The van der Waals surface area contributed by atoms with E-state index in [4.69, 9.17) is 90.9 Å². The minimum Gasteiger partial charge on any atom is -0.791 e. The van der Waals surface area contributed by atoms with Crippen LogP contribution in [0.2, 0.25) is 0 Å².